The minimum absolute atomic E-state index is 0.0719. The van der Waals surface area contributed by atoms with Crippen LogP contribution in [0, 0.1) is 11.8 Å². The Kier molecular flexibility index (Phi) is 8.20. The van der Waals surface area contributed by atoms with Crippen LogP contribution in [-0.4, -0.2) is 68.2 Å². The van der Waals surface area contributed by atoms with Crippen molar-refractivity contribution in [1.82, 2.24) is 5.48 Å². The number of nitrogens with zero attached hydrogens (tertiary/aromatic N) is 1. The van der Waals surface area contributed by atoms with E-state index in [1.165, 1.54) is 11.8 Å². The lowest BCUT2D eigenvalue weighted by Crippen LogP contribution is -2.53. The number of benzene rings is 1. The Morgan fingerprint density at radius 3 is 2.65 bits per heavy atom. The summed E-state index contributed by atoms with van der Waals surface area (Å²) in [6, 6.07) is 6.75. The van der Waals surface area contributed by atoms with E-state index in [4.69, 9.17) is 14.3 Å². The number of cyclic esters (lactones) is 1. The number of rotatable bonds is 7. The number of carbonyl (C=O) groups excluding carboxylic acids is 2. The molecule has 2 fully saturated rings. The molecule has 2 amide bonds. The number of nitrogens with one attached hydrogen (secondary N) is 1. The van der Waals surface area contributed by atoms with Crippen molar-refractivity contribution in [1.29, 1.82) is 0 Å². The molecule has 0 aromatic heterocycles. The van der Waals surface area contributed by atoms with Gasteiger partial charge in [-0.2, -0.15) is 0 Å². The van der Waals surface area contributed by atoms with Gasteiger partial charge in [0.05, 0.1) is 6.54 Å². The highest BCUT2D eigenvalue weighted by Gasteiger charge is 2.48. The third-order valence-corrected chi connectivity index (χ3v) is 7.80. The molecule has 10 nitrogen and oxygen atoms in total. The number of hydrogen-bond donors (Lipinski definition) is 2. The Bertz CT molecular complexity index is 1050. The Balaban J connectivity index is 1.67. The van der Waals surface area contributed by atoms with Gasteiger partial charge in [-0.05, 0) is 51.0 Å². The summed E-state index contributed by atoms with van der Waals surface area (Å²) in [6.45, 7) is 3.42. The second kappa shape index (κ2) is 10.7. The third-order valence-electron chi connectivity index (χ3n) is 5.82. The standard InChI is InChI=1S/C23H30N2O8S/c1-16(26)7-8-17-9-11-18(12-10-17)25-15-19(32-22(25)28)14-23(2,34(3,29)30)21(27)24-33-20-6-4-5-13-31-20/h9-12,16,19-20,26H,4-6,13-15H2,1-3H3,(H,24,27)/t16?,19-,20?,23?/m0/s1. The van der Waals surface area contributed by atoms with Crippen molar-refractivity contribution in [3.05, 3.63) is 29.8 Å². The van der Waals surface area contributed by atoms with Crippen LogP contribution in [-0.2, 0) is 28.9 Å². The fourth-order valence-electron chi connectivity index (χ4n) is 3.63. The van der Waals surface area contributed by atoms with Gasteiger partial charge in [-0.3, -0.25) is 9.69 Å². The lowest BCUT2D eigenvalue weighted by Gasteiger charge is -2.29. The van der Waals surface area contributed by atoms with E-state index in [-0.39, 0.29) is 13.0 Å². The number of sulfone groups is 1. The van der Waals surface area contributed by atoms with Crippen molar-refractivity contribution < 1.29 is 37.4 Å². The summed E-state index contributed by atoms with van der Waals surface area (Å²) >= 11 is 0. The molecule has 34 heavy (non-hydrogen) atoms. The van der Waals surface area contributed by atoms with E-state index in [9.17, 15) is 23.1 Å². The molecular formula is C23H30N2O8S. The van der Waals surface area contributed by atoms with E-state index < -0.39 is 45.1 Å². The molecule has 0 bridgehead atoms. The van der Waals surface area contributed by atoms with E-state index >= 15 is 0 Å². The maximum Gasteiger partial charge on any atom is 0.414 e. The van der Waals surface area contributed by atoms with Crippen LogP contribution in [0.4, 0.5) is 10.5 Å². The number of hydroxylamine groups is 1. The van der Waals surface area contributed by atoms with Gasteiger partial charge in [-0.15, -0.1) is 0 Å². The first-order valence-electron chi connectivity index (χ1n) is 11.0. The van der Waals surface area contributed by atoms with E-state index in [2.05, 4.69) is 17.3 Å². The molecule has 2 aliphatic heterocycles. The first-order valence-corrected chi connectivity index (χ1v) is 12.9. The Labute approximate surface area is 199 Å². The second-order valence-corrected chi connectivity index (χ2v) is 11.1. The zero-order chi connectivity index (χ0) is 24.9. The molecule has 2 N–H and O–H groups in total. The molecule has 2 aliphatic rings. The summed E-state index contributed by atoms with van der Waals surface area (Å²) in [5, 5.41) is 9.27. The lowest BCUT2D eigenvalue weighted by atomic mass is 10.0. The highest BCUT2D eigenvalue weighted by Crippen LogP contribution is 2.30. The van der Waals surface area contributed by atoms with Gasteiger partial charge in [-0.1, -0.05) is 11.8 Å². The Hall–Kier alpha value is -2.65. The third kappa shape index (κ3) is 6.27. The average molecular weight is 495 g/mol. The molecule has 3 unspecified atom stereocenters. The summed E-state index contributed by atoms with van der Waals surface area (Å²) in [7, 11) is -3.90. The molecule has 2 saturated heterocycles. The zero-order valence-electron chi connectivity index (χ0n) is 19.4. The summed E-state index contributed by atoms with van der Waals surface area (Å²) < 4.78 is 34.1. The minimum atomic E-state index is -3.90. The van der Waals surface area contributed by atoms with Crippen LogP contribution >= 0.6 is 0 Å². The molecule has 2 heterocycles. The van der Waals surface area contributed by atoms with Crippen LogP contribution in [0.5, 0.6) is 0 Å². The highest BCUT2D eigenvalue weighted by molar-refractivity contribution is 7.92. The number of amides is 2. The first kappa shape index (κ1) is 26.0. The van der Waals surface area contributed by atoms with Crippen molar-refractivity contribution in [2.24, 2.45) is 0 Å². The predicted octanol–water partition coefficient (Wildman–Crippen LogP) is 1.51. The normalized spacial score (nSPS) is 23.3. The van der Waals surface area contributed by atoms with Gasteiger partial charge in [0.15, 0.2) is 20.9 Å². The Morgan fingerprint density at radius 1 is 1.35 bits per heavy atom. The molecule has 186 valence electrons. The van der Waals surface area contributed by atoms with E-state index in [1.54, 1.807) is 31.2 Å². The molecule has 11 heteroatoms. The van der Waals surface area contributed by atoms with Crippen LogP contribution in [0.1, 0.15) is 45.1 Å². The van der Waals surface area contributed by atoms with Crippen molar-refractivity contribution in [3.8, 4) is 11.8 Å². The molecule has 1 aromatic rings. The fourth-order valence-corrected chi connectivity index (χ4v) is 4.50. The molecule has 0 saturated carbocycles. The summed E-state index contributed by atoms with van der Waals surface area (Å²) in [5.74, 6) is 4.60. The number of aliphatic hydroxyl groups excluding tert-OH is 1. The van der Waals surface area contributed by atoms with Crippen LogP contribution < -0.4 is 10.4 Å². The van der Waals surface area contributed by atoms with Gasteiger partial charge in [0.25, 0.3) is 5.91 Å². The van der Waals surface area contributed by atoms with Gasteiger partial charge in [0.2, 0.25) is 0 Å². The van der Waals surface area contributed by atoms with Crippen molar-refractivity contribution in [3.63, 3.8) is 0 Å². The molecular weight excluding hydrogens is 464 g/mol. The predicted molar refractivity (Wildman–Crippen MR) is 123 cm³/mol. The van der Waals surface area contributed by atoms with Gasteiger partial charge >= 0.3 is 6.09 Å². The van der Waals surface area contributed by atoms with E-state index in [0.717, 1.165) is 19.1 Å². The SMILES string of the molecule is CC(O)C#Cc1ccc(N2C[C@H](CC(C)(C(=O)NOC3CCCCO3)S(C)(=O)=O)OC2=O)cc1. The fraction of sp³-hybridized carbons (Fsp3) is 0.565. The minimum Gasteiger partial charge on any atom is -0.444 e. The van der Waals surface area contributed by atoms with Gasteiger partial charge in [0, 0.05) is 37.0 Å². The molecule has 0 radical (unpaired) electrons. The number of anilines is 1. The number of ether oxygens (including phenoxy) is 2. The van der Waals surface area contributed by atoms with Crippen LogP contribution in [0.15, 0.2) is 24.3 Å². The zero-order valence-corrected chi connectivity index (χ0v) is 20.3. The number of hydrogen-bond acceptors (Lipinski definition) is 8. The number of aliphatic hydroxyl groups is 1. The molecule has 0 aliphatic carbocycles. The largest absolute Gasteiger partial charge is 0.444 e. The smallest absolute Gasteiger partial charge is 0.414 e. The van der Waals surface area contributed by atoms with Crippen molar-refractivity contribution >= 4 is 27.5 Å². The topological polar surface area (TPSA) is 131 Å². The van der Waals surface area contributed by atoms with Crippen LogP contribution in [0.2, 0.25) is 0 Å². The second-order valence-electron chi connectivity index (χ2n) is 8.66. The molecule has 0 spiro atoms. The lowest BCUT2D eigenvalue weighted by molar-refractivity contribution is -0.201. The van der Waals surface area contributed by atoms with Crippen molar-refractivity contribution in [2.45, 2.75) is 62.8 Å². The van der Waals surface area contributed by atoms with Gasteiger partial charge < -0.3 is 14.6 Å². The highest BCUT2D eigenvalue weighted by atomic mass is 32.2. The van der Waals surface area contributed by atoms with Gasteiger partial charge in [-0.25, -0.2) is 23.5 Å². The van der Waals surface area contributed by atoms with E-state index in [1.807, 2.05) is 0 Å². The summed E-state index contributed by atoms with van der Waals surface area (Å²) in [6.07, 6.45) is 0.231. The van der Waals surface area contributed by atoms with Crippen LogP contribution in [0.3, 0.4) is 0 Å². The van der Waals surface area contributed by atoms with Gasteiger partial charge in [0.1, 0.15) is 12.2 Å². The maximum atomic E-state index is 12.9. The Morgan fingerprint density at radius 2 is 2.06 bits per heavy atom. The van der Waals surface area contributed by atoms with Crippen molar-refractivity contribution in [2.75, 3.05) is 24.3 Å². The average Bonchev–Trinajstić information content (AvgIpc) is 3.15. The summed E-state index contributed by atoms with van der Waals surface area (Å²) in [5.41, 5.74) is 3.43. The van der Waals surface area contributed by atoms with Crippen LogP contribution in [0.25, 0.3) is 0 Å². The molecule has 3 rings (SSSR count). The van der Waals surface area contributed by atoms with E-state index in [0.29, 0.717) is 24.3 Å². The first-order chi connectivity index (χ1) is 16.0. The maximum absolute atomic E-state index is 12.9. The number of carbonyl (C=O) groups is 2. The quantitative estimate of drug-likeness (QED) is 0.431. The molecule has 1 aromatic carbocycles. The molecule has 4 atom stereocenters. The monoisotopic (exact) mass is 494 g/mol. The summed E-state index contributed by atoms with van der Waals surface area (Å²) in [4.78, 5) is 32.0.